The molecular weight excluding hydrogens is 204 g/mol. The Morgan fingerprint density at radius 2 is 1.88 bits per heavy atom. The largest absolute Gasteiger partial charge is 0.464 e. The Kier molecular flexibility index (Phi) is 3.90. The number of nitrogens with one attached hydrogen (secondary N) is 1. The number of rotatable bonds is 3. The van der Waals surface area contributed by atoms with Crippen LogP contribution in [0.5, 0.6) is 0 Å². The van der Waals surface area contributed by atoms with Crippen molar-refractivity contribution in [3.63, 3.8) is 0 Å². The molecule has 1 amide bonds. The molecule has 0 saturated carbocycles. The molecule has 0 spiro atoms. The van der Waals surface area contributed by atoms with E-state index in [1.54, 1.807) is 0 Å². The van der Waals surface area contributed by atoms with E-state index in [2.05, 4.69) is 5.43 Å². The minimum Gasteiger partial charge on any atom is -0.464 e. The number of hydrazine groups is 1. The molecule has 4 heteroatoms. The highest BCUT2D eigenvalue weighted by Gasteiger charge is 2.19. The highest BCUT2D eigenvalue weighted by Crippen LogP contribution is 2.06. The van der Waals surface area contributed by atoms with Gasteiger partial charge >= 0.3 is 6.09 Å². The SMILES string of the molecule is CC(C)(C)NN(Cc1ccccc1)C(=O)O. The maximum absolute atomic E-state index is 11.0. The lowest BCUT2D eigenvalue weighted by Gasteiger charge is -2.29. The van der Waals surface area contributed by atoms with Crippen LogP contribution in [0.4, 0.5) is 4.79 Å². The number of hydrogen-bond donors (Lipinski definition) is 2. The number of nitrogens with zero attached hydrogens (tertiary/aromatic N) is 1. The molecular formula is C12H18N2O2. The van der Waals surface area contributed by atoms with Crippen LogP contribution in [0.15, 0.2) is 30.3 Å². The third-order valence-electron chi connectivity index (χ3n) is 1.88. The van der Waals surface area contributed by atoms with Crippen molar-refractivity contribution in [3.05, 3.63) is 35.9 Å². The second-order valence-corrected chi connectivity index (χ2v) is 4.72. The summed E-state index contributed by atoms with van der Waals surface area (Å²) in [5.74, 6) is 0. The standard InChI is InChI=1S/C12H18N2O2/c1-12(2,3)13-14(11(15)16)9-10-7-5-4-6-8-10/h4-8,13H,9H2,1-3H3,(H,15,16). The maximum Gasteiger partial charge on any atom is 0.422 e. The lowest BCUT2D eigenvalue weighted by molar-refractivity contribution is 0.0912. The smallest absolute Gasteiger partial charge is 0.422 e. The molecule has 1 aromatic rings. The Bertz CT molecular complexity index is 344. The lowest BCUT2D eigenvalue weighted by Crippen LogP contribution is -2.51. The molecule has 88 valence electrons. The second kappa shape index (κ2) is 4.99. The predicted molar refractivity (Wildman–Crippen MR) is 62.9 cm³/mol. The molecule has 1 rings (SSSR count). The third-order valence-corrected chi connectivity index (χ3v) is 1.88. The van der Waals surface area contributed by atoms with E-state index in [0.717, 1.165) is 5.56 Å². The van der Waals surface area contributed by atoms with Crippen molar-refractivity contribution in [3.8, 4) is 0 Å². The van der Waals surface area contributed by atoms with Crippen molar-refractivity contribution < 1.29 is 9.90 Å². The van der Waals surface area contributed by atoms with Crippen molar-refractivity contribution in [1.29, 1.82) is 0 Å². The van der Waals surface area contributed by atoms with Gasteiger partial charge in [-0.3, -0.25) is 0 Å². The van der Waals surface area contributed by atoms with Gasteiger partial charge in [-0.1, -0.05) is 30.3 Å². The Hall–Kier alpha value is -1.55. The molecule has 0 atom stereocenters. The van der Waals surface area contributed by atoms with Gasteiger partial charge in [0.15, 0.2) is 0 Å². The molecule has 0 unspecified atom stereocenters. The summed E-state index contributed by atoms with van der Waals surface area (Å²) in [6.45, 7) is 6.11. The molecule has 0 aliphatic rings. The van der Waals surface area contributed by atoms with Gasteiger partial charge in [0, 0.05) is 5.54 Å². The van der Waals surface area contributed by atoms with Crippen LogP contribution in [0.25, 0.3) is 0 Å². The Morgan fingerprint density at radius 1 is 1.31 bits per heavy atom. The van der Waals surface area contributed by atoms with Crippen LogP contribution in [0.2, 0.25) is 0 Å². The van der Waals surface area contributed by atoms with E-state index in [4.69, 9.17) is 5.11 Å². The first-order valence-corrected chi connectivity index (χ1v) is 5.21. The molecule has 0 fully saturated rings. The summed E-state index contributed by atoms with van der Waals surface area (Å²) in [7, 11) is 0. The number of carbonyl (C=O) groups is 1. The van der Waals surface area contributed by atoms with Gasteiger partial charge in [0.1, 0.15) is 0 Å². The summed E-state index contributed by atoms with van der Waals surface area (Å²) >= 11 is 0. The number of amides is 1. The van der Waals surface area contributed by atoms with E-state index >= 15 is 0 Å². The van der Waals surface area contributed by atoms with Crippen LogP contribution in [0, 0.1) is 0 Å². The van der Waals surface area contributed by atoms with E-state index < -0.39 is 6.09 Å². The first-order chi connectivity index (χ1) is 7.38. The van der Waals surface area contributed by atoms with Crippen LogP contribution < -0.4 is 5.43 Å². The molecule has 0 aliphatic heterocycles. The molecule has 0 radical (unpaired) electrons. The average Bonchev–Trinajstić information content (AvgIpc) is 2.16. The summed E-state index contributed by atoms with van der Waals surface area (Å²) in [6, 6.07) is 9.51. The fourth-order valence-electron chi connectivity index (χ4n) is 1.33. The molecule has 1 aromatic carbocycles. The lowest BCUT2D eigenvalue weighted by atomic mass is 10.1. The van der Waals surface area contributed by atoms with E-state index in [1.807, 2.05) is 51.1 Å². The topological polar surface area (TPSA) is 52.6 Å². The first kappa shape index (κ1) is 12.5. The molecule has 0 saturated heterocycles. The first-order valence-electron chi connectivity index (χ1n) is 5.21. The highest BCUT2D eigenvalue weighted by molar-refractivity contribution is 5.64. The minimum atomic E-state index is -0.973. The van der Waals surface area contributed by atoms with Gasteiger partial charge < -0.3 is 5.11 Å². The highest BCUT2D eigenvalue weighted by atomic mass is 16.4. The summed E-state index contributed by atoms with van der Waals surface area (Å²) in [5.41, 5.74) is 3.63. The zero-order valence-corrected chi connectivity index (χ0v) is 9.90. The van der Waals surface area contributed by atoms with Gasteiger partial charge in [0.05, 0.1) is 6.54 Å². The van der Waals surface area contributed by atoms with Gasteiger partial charge in [-0.25, -0.2) is 15.2 Å². The fourth-order valence-corrected chi connectivity index (χ4v) is 1.33. The quantitative estimate of drug-likeness (QED) is 0.772. The zero-order chi connectivity index (χ0) is 12.2. The van der Waals surface area contributed by atoms with Crippen molar-refractivity contribution >= 4 is 6.09 Å². The fraction of sp³-hybridized carbons (Fsp3) is 0.417. The summed E-state index contributed by atoms with van der Waals surface area (Å²) < 4.78 is 0. The van der Waals surface area contributed by atoms with Crippen LogP contribution in [-0.4, -0.2) is 21.7 Å². The average molecular weight is 222 g/mol. The van der Waals surface area contributed by atoms with Gasteiger partial charge in [0.25, 0.3) is 0 Å². The normalized spacial score (nSPS) is 11.2. The van der Waals surface area contributed by atoms with E-state index in [0.29, 0.717) is 6.54 Å². The predicted octanol–water partition coefficient (Wildman–Crippen LogP) is 2.47. The van der Waals surface area contributed by atoms with Gasteiger partial charge in [-0.15, -0.1) is 0 Å². The number of benzene rings is 1. The maximum atomic E-state index is 11.0. The van der Waals surface area contributed by atoms with Gasteiger partial charge in [-0.05, 0) is 26.3 Å². The summed E-state index contributed by atoms with van der Waals surface area (Å²) in [5, 5.41) is 10.3. The molecule has 0 bridgehead atoms. The molecule has 2 N–H and O–H groups in total. The molecule has 4 nitrogen and oxygen atoms in total. The van der Waals surface area contributed by atoms with Crippen molar-refractivity contribution in [1.82, 2.24) is 10.4 Å². The van der Waals surface area contributed by atoms with Crippen molar-refractivity contribution in [2.24, 2.45) is 0 Å². The molecule has 16 heavy (non-hydrogen) atoms. The summed E-state index contributed by atoms with van der Waals surface area (Å²) in [6.07, 6.45) is -0.973. The van der Waals surface area contributed by atoms with Gasteiger partial charge in [-0.2, -0.15) is 0 Å². The summed E-state index contributed by atoms with van der Waals surface area (Å²) in [4.78, 5) is 11.0. The number of carboxylic acid groups (broad SMARTS) is 1. The van der Waals surface area contributed by atoms with Crippen molar-refractivity contribution in [2.45, 2.75) is 32.9 Å². The Balaban J connectivity index is 2.70. The molecule has 0 aromatic heterocycles. The number of hydrogen-bond acceptors (Lipinski definition) is 2. The van der Waals surface area contributed by atoms with Crippen molar-refractivity contribution in [2.75, 3.05) is 0 Å². The van der Waals surface area contributed by atoms with Crippen LogP contribution in [-0.2, 0) is 6.54 Å². The monoisotopic (exact) mass is 222 g/mol. The molecule has 0 heterocycles. The Labute approximate surface area is 95.9 Å². The van der Waals surface area contributed by atoms with E-state index in [-0.39, 0.29) is 5.54 Å². The van der Waals surface area contributed by atoms with E-state index in [9.17, 15) is 4.79 Å². The third kappa shape index (κ3) is 4.31. The van der Waals surface area contributed by atoms with E-state index in [1.165, 1.54) is 5.01 Å². The second-order valence-electron chi connectivity index (χ2n) is 4.72. The van der Waals surface area contributed by atoms with Crippen LogP contribution >= 0.6 is 0 Å². The minimum absolute atomic E-state index is 0.271. The van der Waals surface area contributed by atoms with Crippen LogP contribution in [0.3, 0.4) is 0 Å². The van der Waals surface area contributed by atoms with Crippen LogP contribution in [0.1, 0.15) is 26.3 Å². The molecule has 0 aliphatic carbocycles. The van der Waals surface area contributed by atoms with Gasteiger partial charge in [0.2, 0.25) is 0 Å². The zero-order valence-electron chi connectivity index (χ0n) is 9.90. The Morgan fingerprint density at radius 3 is 2.31 bits per heavy atom.